The first-order chi connectivity index (χ1) is 10.5. The summed E-state index contributed by atoms with van der Waals surface area (Å²) in [5, 5.41) is 0. The van der Waals surface area contributed by atoms with E-state index in [4.69, 9.17) is 4.74 Å². The van der Waals surface area contributed by atoms with E-state index in [1.54, 1.807) is 0 Å². The summed E-state index contributed by atoms with van der Waals surface area (Å²) in [4.78, 5) is 12.0. The summed E-state index contributed by atoms with van der Waals surface area (Å²) in [5.74, 6) is 0.331. The molecule has 0 bridgehead atoms. The lowest BCUT2D eigenvalue weighted by Crippen LogP contribution is -2.15. The molecule has 0 spiro atoms. The smallest absolute Gasteiger partial charge is 0.142 e. The summed E-state index contributed by atoms with van der Waals surface area (Å²) in [6.07, 6.45) is 14.1. The van der Waals surface area contributed by atoms with Crippen LogP contribution in [-0.4, -0.2) is 19.0 Å². The van der Waals surface area contributed by atoms with Crippen LogP contribution in [0.15, 0.2) is 47.1 Å². The van der Waals surface area contributed by atoms with Crippen molar-refractivity contribution in [3.05, 3.63) is 47.1 Å². The fourth-order valence-corrected chi connectivity index (χ4v) is 2.30. The molecule has 122 valence electrons. The second kappa shape index (κ2) is 10.3. The van der Waals surface area contributed by atoms with Gasteiger partial charge < -0.3 is 4.74 Å². The first-order valence-corrected chi connectivity index (χ1v) is 8.23. The molecule has 0 N–H and O–H groups in total. The van der Waals surface area contributed by atoms with Crippen molar-refractivity contribution in [1.82, 2.24) is 0 Å². The molecule has 1 aliphatic carbocycles. The first kappa shape index (κ1) is 18.6. The minimum absolute atomic E-state index is 0.0497. The Morgan fingerprint density at radius 3 is 2.68 bits per heavy atom. The Morgan fingerprint density at radius 2 is 2.05 bits per heavy atom. The molecule has 0 radical (unpaired) electrons. The van der Waals surface area contributed by atoms with Crippen LogP contribution in [0.1, 0.15) is 53.4 Å². The summed E-state index contributed by atoms with van der Waals surface area (Å²) >= 11 is 0. The predicted octanol–water partition coefficient (Wildman–Crippen LogP) is 5.18. The molecule has 0 amide bonds. The number of ether oxygens (including phenoxy) is 1. The van der Waals surface area contributed by atoms with E-state index < -0.39 is 0 Å². The molecule has 1 unspecified atom stereocenters. The normalized spacial score (nSPS) is 18.1. The lowest BCUT2D eigenvalue weighted by Gasteiger charge is -2.13. The average molecular weight is 302 g/mol. The average Bonchev–Trinajstić information content (AvgIpc) is 2.47. The third-order valence-corrected chi connectivity index (χ3v) is 3.83. The fourth-order valence-electron chi connectivity index (χ4n) is 2.30. The molecule has 1 atom stereocenters. The van der Waals surface area contributed by atoms with Gasteiger partial charge in [0.2, 0.25) is 0 Å². The van der Waals surface area contributed by atoms with Crippen LogP contribution in [0.5, 0.6) is 0 Å². The Bertz CT molecular complexity index is 474. The van der Waals surface area contributed by atoms with Crippen molar-refractivity contribution in [2.45, 2.75) is 53.4 Å². The zero-order chi connectivity index (χ0) is 16.4. The molecule has 2 heteroatoms. The topological polar surface area (TPSA) is 26.3 Å². The van der Waals surface area contributed by atoms with Crippen LogP contribution in [0, 0.1) is 5.92 Å². The van der Waals surface area contributed by atoms with E-state index in [1.165, 1.54) is 16.7 Å². The summed E-state index contributed by atoms with van der Waals surface area (Å²) in [7, 11) is 0. The van der Waals surface area contributed by atoms with E-state index in [0.29, 0.717) is 19.6 Å². The minimum Gasteiger partial charge on any atom is -0.377 e. The number of hydrogen-bond acceptors (Lipinski definition) is 2. The lowest BCUT2D eigenvalue weighted by atomic mass is 9.92. The van der Waals surface area contributed by atoms with Gasteiger partial charge in [0, 0.05) is 12.3 Å². The Hall–Kier alpha value is -1.41. The molecule has 0 aromatic carbocycles. The molecule has 22 heavy (non-hydrogen) atoms. The van der Waals surface area contributed by atoms with Crippen LogP contribution >= 0.6 is 0 Å². The van der Waals surface area contributed by atoms with Gasteiger partial charge in [-0.3, -0.25) is 4.79 Å². The Morgan fingerprint density at radius 1 is 1.27 bits per heavy atom. The standard InChI is InChI=1S/C20H30O2/c1-16(2)6-5-7-17(3)12-14-22-15-13-20(21)19-10-8-18(4)9-11-19/h6,8-10,12,19H,5,7,11,13-15H2,1-4H3/b17-12+. The highest BCUT2D eigenvalue weighted by Crippen LogP contribution is 2.18. The van der Waals surface area contributed by atoms with Crippen molar-refractivity contribution >= 4 is 5.78 Å². The van der Waals surface area contributed by atoms with Gasteiger partial charge in [0.05, 0.1) is 13.2 Å². The highest BCUT2D eigenvalue weighted by molar-refractivity contribution is 5.83. The molecule has 0 aromatic rings. The van der Waals surface area contributed by atoms with Gasteiger partial charge >= 0.3 is 0 Å². The molecule has 0 saturated carbocycles. The monoisotopic (exact) mass is 302 g/mol. The Labute approximate surface area is 135 Å². The molecular formula is C20H30O2. The van der Waals surface area contributed by atoms with Gasteiger partial charge in [-0.2, -0.15) is 0 Å². The van der Waals surface area contributed by atoms with E-state index >= 15 is 0 Å². The maximum Gasteiger partial charge on any atom is 0.142 e. The van der Waals surface area contributed by atoms with Crippen molar-refractivity contribution in [1.29, 1.82) is 0 Å². The number of rotatable bonds is 9. The maximum atomic E-state index is 12.0. The van der Waals surface area contributed by atoms with Gasteiger partial charge in [-0.05, 0) is 47.0 Å². The Balaban J connectivity index is 2.13. The summed E-state index contributed by atoms with van der Waals surface area (Å²) in [5.41, 5.74) is 3.96. The second-order valence-corrected chi connectivity index (χ2v) is 6.31. The van der Waals surface area contributed by atoms with Gasteiger partial charge in [-0.15, -0.1) is 0 Å². The molecule has 1 aliphatic rings. The van der Waals surface area contributed by atoms with Crippen molar-refractivity contribution in [2.75, 3.05) is 13.2 Å². The number of hydrogen-bond donors (Lipinski definition) is 0. The summed E-state index contributed by atoms with van der Waals surface area (Å²) < 4.78 is 5.56. The zero-order valence-corrected chi connectivity index (χ0v) is 14.5. The summed E-state index contributed by atoms with van der Waals surface area (Å²) in [6.45, 7) is 9.56. The van der Waals surface area contributed by atoms with Gasteiger partial charge in [0.25, 0.3) is 0 Å². The van der Waals surface area contributed by atoms with Crippen LogP contribution in [-0.2, 0) is 9.53 Å². The highest BCUT2D eigenvalue weighted by atomic mass is 16.5. The van der Waals surface area contributed by atoms with Crippen molar-refractivity contribution in [3.8, 4) is 0 Å². The number of allylic oxidation sites excluding steroid dienone is 7. The van der Waals surface area contributed by atoms with E-state index in [9.17, 15) is 4.79 Å². The minimum atomic E-state index is 0.0497. The molecule has 1 rings (SSSR count). The first-order valence-electron chi connectivity index (χ1n) is 8.23. The van der Waals surface area contributed by atoms with Crippen molar-refractivity contribution in [2.24, 2.45) is 5.92 Å². The van der Waals surface area contributed by atoms with E-state index in [1.807, 2.05) is 12.2 Å². The number of ketones is 1. The van der Waals surface area contributed by atoms with E-state index in [2.05, 4.69) is 45.9 Å². The number of carbonyl (C=O) groups excluding carboxylic acids is 1. The van der Waals surface area contributed by atoms with Crippen LogP contribution in [0.25, 0.3) is 0 Å². The van der Waals surface area contributed by atoms with Gasteiger partial charge in [0.1, 0.15) is 5.78 Å². The fraction of sp³-hybridized carbons (Fsp3) is 0.550. The largest absolute Gasteiger partial charge is 0.377 e. The third-order valence-electron chi connectivity index (χ3n) is 3.83. The van der Waals surface area contributed by atoms with Gasteiger partial charge in [-0.25, -0.2) is 0 Å². The summed E-state index contributed by atoms with van der Waals surface area (Å²) in [6, 6.07) is 0. The lowest BCUT2D eigenvalue weighted by molar-refractivity contribution is -0.122. The molecule has 0 saturated heterocycles. The molecule has 0 heterocycles. The molecule has 0 fully saturated rings. The van der Waals surface area contributed by atoms with Crippen LogP contribution in [0.3, 0.4) is 0 Å². The van der Waals surface area contributed by atoms with Crippen LogP contribution < -0.4 is 0 Å². The second-order valence-electron chi connectivity index (χ2n) is 6.31. The maximum absolute atomic E-state index is 12.0. The highest BCUT2D eigenvalue weighted by Gasteiger charge is 2.15. The Kier molecular flexibility index (Phi) is 8.76. The third kappa shape index (κ3) is 8.14. The van der Waals surface area contributed by atoms with Crippen LogP contribution in [0.4, 0.5) is 0 Å². The molecular weight excluding hydrogens is 272 g/mol. The van der Waals surface area contributed by atoms with E-state index in [0.717, 1.165) is 19.3 Å². The quantitative estimate of drug-likeness (QED) is 0.433. The van der Waals surface area contributed by atoms with Crippen molar-refractivity contribution in [3.63, 3.8) is 0 Å². The number of Topliss-reactive ketones (excluding diaryl/α,β-unsaturated/α-hetero) is 1. The molecule has 0 aliphatic heterocycles. The zero-order valence-electron chi connectivity index (χ0n) is 14.5. The van der Waals surface area contributed by atoms with Crippen molar-refractivity contribution < 1.29 is 9.53 Å². The van der Waals surface area contributed by atoms with Gasteiger partial charge in [0.15, 0.2) is 0 Å². The van der Waals surface area contributed by atoms with E-state index in [-0.39, 0.29) is 11.7 Å². The van der Waals surface area contributed by atoms with Gasteiger partial charge in [-0.1, -0.05) is 47.1 Å². The van der Waals surface area contributed by atoms with Crippen LogP contribution in [0.2, 0.25) is 0 Å². The molecule has 2 nitrogen and oxygen atoms in total. The molecule has 0 aromatic heterocycles. The predicted molar refractivity (Wildman–Crippen MR) is 93.9 cm³/mol. The number of carbonyl (C=O) groups is 1. The SMILES string of the molecule is CC(C)=CCC/C(C)=C/COCCC(=O)C1C=CC(C)=CC1.